The van der Waals surface area contributed by atoms with Crippen molar-refractivity contribution in [2.75, 3.05) is 0 Å². The molecule has 1 aromatic rings. The van der Waals surface area contributed by atoms with Crippen LogP contribution >= 0.6 is 0 Å². The van der Waals surface area contributed by atoms with E-state index in [1.165, 1.54) is 61.6 Å². The molecule has 1 aromatic carbocycles. The first kappa shape index (κ1) is 13.7. The highest BCUT2D eigenvalue weighted by atomic mass is 14.3. The summed E-state index contributed by atoms with van der Waals surface area (Å²) in [7, 11) is 0. The molecule has 20 heavy (non-hydrogen) atoms. The van der Waals surface area contributed by atoms with Crippen LogP contribution in [0.1, 0.15) is 66.8 Å². The summed E-state index contributed by atoms with van der Waals surface area (Å²) in [5.41, 5.74) is 9.18. The Morgan fingerprint density at radius 1 is 1.35 bits per heavy atom. The zero-order chi connectivity index (χ0) is 14.1. The van der Waals surface area contributed by atoms with E-state index in [0.29, 0.717) is 0 Å². The fraction of sp³-hybridized carbons (Fsp3) is 0.500. The van der Waals surface area contributed by atoms with Crippen LogP contribution < -0.4 is 0 Å². The molecule has 0 nitrogen and oxygen atoms in total. The third kappa shape index (κ3) is 2.49. The lowest BCUT2D eigenvalue weighted by atomic mass is 9.91. The van der Waals surface area contributed by atoms with E-state index in [0.717, 1.165) is 5.92 Å². The third-order valence-electron chi connectivity index (χ3n) is 4.95. The minimum absolute atomic E-state index is 0.875. The smallest absolute Gasteiger partial charge is 0.0152 e. The number of allylic oxidation sites excluding steroid dienone is 1. The topological polar surface area (TPSA) is 0 Å². The van der Waals surface area contributed by atoms with Gasteiger partial charge in [0, 0.05) is 0 Å². The SMILES string of the molecule is C=Cc1cc2c(c(C)c1/C=C(\CCC)C1CC1)CCC2. The zero-order valence-corrected chi connectivity index (χ0v) is 13.0. The highest BCUT2D eigenvalue weighted by Crippen LogP contribution is 2.41. The molecule has 0 heterocycles. The molecule has 0 unspecified atom stereocenters. The van der Waals surface area contributed by atoms with Gasteiger partial charge in [-0.1, -0.05) is 43.7 Å². The summed E-state index contributed by atoms with van der Waals surface area (Å²) in [4.78, 5) is 0. The molecule has 0 spiro atoms. The monoisotopic (exact) mass is 266 g/mol. The number of aryl methyl sites for hydroxylation is 1. The van der Waals surface area contributed by atoms with Gasteiger partial charge in [0.2, 0.25) is 0 Å². The van der Waals surface area contributed by atoms with Gasteiger partial charge < -0.3 is 0 Å². The first-order chi connectivity index (χ1) is 9.74. The third-order valence-corrected chi connectivity index (χ3v) is 4.95. The van der Waals surface area contributed by atoms with Gasteiger partial charge in [-0.3, -0.25) is 0 Å². The van der Waals surface area contributed by atoms with Crippen LogP contribution in [0.15, 0.2) is 18.2 Å². The maximum atomic E-state index is 4.04. The molecule has 1 saturated carbocycles. The summed E-state index contributed by atoms with van der Waals surface area (Å²) in [6.45, 7) is 8.65. The van der Waals surface area contributed by atoms with Gasteiger partial charge in [0.05, 0.1) is 0 Å². The van der Waals surface area contributed by atoms with Crippen LogP contribution in [0, 0.1) is 12.8 Å². The Balaban J connectivity index is 2.07. The number of hydrogen-bond donors (Lipinski definition) is 0. The first-order valence-corrected chi connectivity index (χ1v) is 8.22. The lowest BCUT2D eigenvalue weighted by Gasteiger charge is -2.14. The van der Waals surface area contributed by atoms with E-state index in [2.05, 4.69) is 32.6 Å². The van der Waals surface area contributed by atoms with Crippen molar-refractivity contribution in [1.29, 1.82) is 0 Å². The van der Waals surface area contributed by atoms with Crippen molar-refractivity contribution in [2.24, 2.45) is 5.92 Å². The van der Waals surface area contributed by atoms with E-state index in [4.69, 9.17) is 0 Å². The Labute approximate surface area is 123 Å². The minimum atomic E-state index is 0.875. The van der Waals surface area contributed by atoms with Gasteiger partial charge in [0.15, 0.2) is 0 Å². The van der Waals surface area contributed by atoms with E-state index in [1.807, 2.05) is 6.08 Å². The fourth-order valence-electron chi connectivity index (χ4n) is 3.68. The highest BCUT2D eigenvalue weighted by Gasteiger charge is 2.26. The van der Waals surface area contributed by atoms with E-state index < -0.39 is 0 Å². The maximum absolute atomic E-state index is 4.04. The summed E-state index contributed by atoms with van der Waals surface area (Å²) in [5.74, 6) is 0.875. The van der Waals surface area contributed by atoms with Crippen molar-refractivity contribution in [3.63, 3.8) is 0 Å². The van der Waals surface area contributed by atoms with Gasteiger partial charge in [-0.2, -0.15) is 0 Å². The first-order valence-electron chi connectivity index (χ1n) is 8.22. The van der Waals surface area contributed by atoms with Crippen LogP contribution in [0.4, 0.5) is 0 Å². The van der Waals surface area contributed by atoms with Crippen LogP contribution in [-0.4, -0.2) is 0 Å². The summed E-state index contributed by atoms with van der Waals surface area (Å²) in [6.07, 6.45) is 13.7. The Bertz CT molecular complexity index is 556. The molecule has 2 aliphatic rings. The molecule has 0 bridgehead atoms. The van der Waals surface area contributed by atoms with Gasteiger partial charge in [0.25, 0.3) is 0 Å². The Morgan fingerprint density at radius 2 is 2.15 bits per heavy atom. The zero-order valence-electron chi connectivity index (χ0n) is 13.0. The predicted molar refractivity (Wildman–Crippen MR) is 88.9 cm³/mol. The van der Waals surface area contributed by atoms with E-state index in [9.17, 15) is 0 Å². The van der Waals surface area contributed by atoms with Crippen LogP contribution in [-0.2, 0) is 12.8 Å². The molecule has 0 N–H and O–H groups in total. The average molecular weight is 266 g/mol. The Kier molecular flexibility index (Phi) is 3.83. The number of benzene rings is 1. The van der Waals surface area contributed by atoms with Crippen molar-refractivity contribution in [3.8, 4) is 0 Å². The standard InChI is InChI=1S/C20H26/c1-4-7-17(16-10-11-16)13-20-14(3)19-9-6-8-18(19)12-15(20)5-2/h5,12-13,16H,2,4,6-11H2,1,3H3/b17-13+. The van der Waals surface area contributed by atoms with Crippen LogP contribution in [0.25, 0.3) is 12.2 Å². The van der Waals surface area contributed by atoms with Gasteiger partial charge in [0.1, 0.15) is 0 Å². The van der Waals surface area contributed by atoms with Crippen molar-refractivity contribution >= 4 is 12.2 Å². The second kappa shape index (κ2) is 5.60. The molecule has 0 aliphatic heterocycles. The Morgan fingerprint density at radius 3 is 2.80 bits per heavy atom. The molecule has 106 valence electrons. The van der Waals surface area contributed by atoms with Crippen molar-refractivity contribution in [3.05, 3.63) is 46.0 Å². The molecule has 2 aliphatic carbocycles. The molecule has 0 atom stereocenters. The highest BCUT2D eigenvalue weighted by molar-refractivity contribution is 5.71. The summed E-state index contributed by atoms with van der Waals surface area (Å²) < 4.78 is 0. The summed E-state index contributed by atoms with van der Waals surface area (Å²) >= 11 is 0. The van der Waals surface area contributed by atoms with E-state index in [1.54, 1.807) is 16.7 Å². The molecule has 1 fully saturated rings. The van der Waals surface area contributed by atoms with Crippen molar-refractivity contribution < 1.29 is 0 Å². The fourth-order valence-corrected chi connectivity index (χ4v) is 3.68. The number of fused-ring (bicyclic) bond motifs is 1. The molecule has 0 amide bonds. The van der Waals surface area contributed by atoms with Gasteiger partial charge in [-0.05, 0) is 79.2 Å². The van der Waals surface area contributed by atoms with E-state index in [-0.39, 0.29) is 0 Å². The number of rotatable bonds is 5. The second-order valence-corrected chi connectivity index (χ2v) is 6.44. The summed E-state index contributed by atoms with van der Waals surface area (Å²) in [5, 5.41) is 0. The molecule has 3 rings (SSSR count). The second-order valence-electron chi connectivity index (χ2n) is 6.44. The predicted octanol–water partition coefficient (Wildman–Crippen LogP) is 5.72. The normalized spacial score (nSPS) is 18.2. The molecule has 0 saturated heterocycles. The lowest BCUT2D eigenvalue weighted by Crippen LogP contribution is -1.97. The quantitative estimate of drug-likeness (QED) is 0.639. The van der Waals surface area contributed by atoms with Gasteiger partial charge >= 0.3 is 0 Å². The summed E-state index contributed by atoms with van der Waals surface area (Å²) in [6, 6.07) is 2.39. The molecular formula is C20H26. The molecule has 0 heteroatoms. The van der Waals surface area contributed by atoms with Gasteiger partial charge in [-0.15, -0.1) is 0 Å². The van der Waals surface area contributed by atoms with Gasteiger partial charge in [-0.25, -0.2) is 0 Å². The average Bonchev–Trinajstić information content (AvgIpc) is 3.18. The largest absolute Gasteiger partial charge is 0.0984 e. The van der Waals surface area contributed by atoms with Crippen LogP contribution in [0.5, 0.6) is 0 Å². The minimum Gasteiger partial charge on any atom is -0.0984 e. The molecule has 0 aromatic heterocycles. The maximum Gasteiger partial charge on any atom is -0.0152 e. The van der Waals surface area contributed by atoms with Crippen molar-refractivity contribution in [1.82, 2.24) is 0 Å². The lowest BCUT2D eigenvalue weighted by molar-refractivity contribution is 0.831. The van der Waals surface area contributed by atoms with E-state index >= 15 is 0 Å². The van der Waals surface area contributed by atoms with Crippen molar-refractivity contribution in [2.45, 2.75) is 58.8 Å². The van der Waals surface area contributed by atoms with Crippen LogP contribution in [0.3, 0.4) is 0 Å². The Hall–Kier alpha value is -1.30. The molecule has 0 radical (unpaired) electrons. The van der Waals surface area contributed by atoms with Crippen LogP contribution in [0.2, 0.25) is 0 Å². The molecular weight excluding hydrogens is 240 g/mol. The number of hydrogen-bond acceptors (Lipinski definition) is 0.